The molecule has 0 saturated heterocycles. The van der Waals surface area contributed by atoms with Crippen molar-refractivity contribution in [2.75, 3.05) is 23.7 Å². The number of benzene rings is 2. The summed E-state index contributed by atoms with van der Waals surface area (Å²) in [5, 5.41) is 6.02. The SMILES string of the molecule is CS(=O)(=O)N1CC2(CCC(C(=O)N[C@@H](Cc3cccnc3)C(=O)NCCc3ccccc3)CC2)c2ccccc21. The zero-order chi connectivity index (χ0) is 28.2. The van der Waals surface area contributed by atoms with Crippen molar-refractivity contribution in [1.82, 2.24) is 15.6 Å². The Morgan fingerprint density at radius 1 is 1.00 bits per heavy atom. The number of fused-ring (bicyclic) bond motifs is 2. The first-order valence-electron chi connectivity index (χ1n) is 13.8. The minimum absolute atomic E-state index is 0.131. The largest absolute Gasteiger partial charge is 0.354 e. The highest BCUT2D eigenvalue weighted by Gasteiger charge is 2.48. The van der Waals surface area contributed by atoms with E-state index in [1.807, 2.05) is 66.7 Å². The van der Waals surface area contributed by atoms with E-state index in [-0.39, 0.29) is 23.1 Å². The number of amides is 2. The second-order valence-electron chi connectivity index (χ2n) is 11.0. The highest BCUT2D eigenvalue weighted by atomic mass is 32.2. The van der Waals surface area contributed by atoms with Gasteiger partial charge in [0.2, 0.25) is 21.8 Å². The van der Waals surface area contributed by atoms with Gasteiger partial charge in [0.15, 0.2) is 0 Å². The van der Waals surface area contributed by atoms with Gasteiger partial charge in [-0.2, -0.15) is 0 Å². The third kappa shape index (κ3) is 6.20. The van der Waals surface area contributed by atoms with Crippen LogP contribution < -0.4 is 14.9 Å². The first-order chi connectivity index (χ1) is 19.2. The van der Waals surface area contributed by atoms with Gasteiger partial charge in [-0.3, -0.25) is 18.9 Å². The Labute approximate surface area is 236 Å². The lowest BCUT2D eigenvalue weighted by Crippen LogP contribution is -2.51. The molecule has 1 atom stereocenters. The normalized spacial score (nSPS) is 21.0. The minimum atomic E-state index is -3.40. The van der Waals surface area contributed by atoms with Crippen molar-refractivity contribution in [3.8, 4) is 0 Å². The zero-order valence-corrected chi connectivity index (χ0v) is 23.6. The van der Waals surface area contributed by atoms with Crippen LogP contribution in [-0.2, 0) is 37.9 Å². The maximum Gasteiger partial charge on any atom is 0.242 e. The topological polar surface area (TPSA) is 108 Å². The van der Waals surface area contributed by atoms with E-state index < -0.39 is 16.1 Å². The van der Waals surface area contributed by atoms with E-state index in [1.54, 1.807) is 12.4 Å². The molecule has 1 aliphatic heterocycles. The number of rotatable bonds is 9. The maximum atomic E-state index is 13.5. The molecular formula is C31H36N4O4S. The Morgan fingerprint density at radius 2 is 1.70 bits per heavy atom. The zero-order valence-electron chi connectivity index (χ0n) is 22.8. The lowest BCUT2D eigenvalue weighted by Gasteiger charge is -2.37. The molecule has 9 heteroatoms. The monoisotopic (exact) mass is 560 g/mol. The van der Waals surface area contributed by atoms with Crippen LogP contribution in [0.4, 0.5) is 5.69 Å². The molecule has 5 rings (SSSR count). The average Bonchev–Trinajstić information content (AvgIpc) is 3.28. The number of para-hydroxylation sites is 1. The van der Waals surface area contributed by atoms with Crippen LogP contribution in [0, 0.1) is 5.92 Å². The van der Waals surface area contributed by atoms with Gasteiger partial charge in [-0.05, 0) is 60.9 Å². The molecular weight excluding hydrogens is 524 g/mol. The number of anilines is 1. The van der Waals surface area contributed by atoms with Crippen molar-refractivity contribution < 1.29 is 18.0 Å². The van der Waals surface area contributed by atoms with E-state index in [4.69, 9.17) is 0 Å². The third-order valence-corrected chi connectivity index (χ3v) is 9.38. The standard InChI is InChI=1S/C31H36N4O4S/c1-40(38,39)35-22-31(26-11-5-6-12-28(26)35)16-13-25(14-17-31)29(36)34-27(20-24-10-7-18-32-21-24)30(37)33-19-15-23-8-3-2-4-9-23/h2-12,18,21,25,27H,13-17,19-20,22H2,1H3,(H,33,37)(H,34,36)/t25?,27-,31?/m0/s1. The van der Waals surface area contributed by atoms with Crippen LogP contribution in [0.1, 0.15) is 42.4 Å². The molecule has 1 spiro atoms. The van der Waals surface area contributed by atoms with E-state index in [0.29, 0.717) is 51.6 Å². The van der Waals surface area contributed by atoms with E-state index in [1.165, 1.54) is 10.6 Å². The molecule has 40 heavy (non-hydrogen) atoms. The summed E-state index contributed by atoms with van der Waals surface area (Å²) in [6.07, 6.45) is 8.39. The molecule has 2 aliphatic rings. The first-order valence-corrected chi connectivity index (χ1v) is 15.7. The van der Waals surface area contributed by atoms with Gasteiger partial charge >= 0.3 is 0 Å². The summed E-state index contributed by atoms with van der Waals surface area (Å²) in [4.78, 5) is 30.8. The third-order valence-electron chi connectivity index (χ3n) is 8.26. The Morgan fingerprint density at radius 3 is 2.40 bits per heavy atom. The highest BCUT2D eigenvalue weighted by molar-refractivity contribution is 7.92. The second kappa shape index (κ2) is 11.8. The van der Waals surface area contributed by atoms with Gasteiger partial charge in [-0.25, -0.2) is 8.42 Å². The molecule has 2 amide bonds. The van der Waals surface area contributed by atoms with Gasteiger partial charge in [-0.1, -0.05) is 54.6 Å². The molecule has 0 unspecified atom stereocenters. The van der Waals surface area contributed by atoms with Crippen LogP contribution in [-0.4, -0.2) is 50.6 Å². The molecule has 1 aromatic heterocycles. The molecule has 2 aromatic carbocycles. The van der Waals surface area contributed by atoms with Crippen molar-refractivity contribution in [3.63, 3.8) is 0 Å². The van der Waals surface area contributed by atoms with Crippen LogP contribution >= 0.6 is 0 Å². The van der Waals surface area contributed by atoms with Gasteiger partial charge in [0, 0.05) is 43.2 Å². The van der Waals surface area contributed by atoms with Crippen molar-refractivity contribution in [1.29, 1.82) is 0 Å². The summed E-state index contributed by atoms with van der Waals surface area (Å²) in [6, 6.07) is 20.7. The van der Waals surface area contributed by atoms with Gasteiger partial charge in [0.25, 0.3) is 0 Å². The molecule has 2 heterocycles. The Balaban J connectivity index is 1.24. The number of hydrogen-bond acceptors (Lipinski definition) is 5. The Hall–Kier alpha value is -3.72. The number of pyridine rings is 1. The van der Waals surface area contributed by atoms with Gasteiger partial charge in [-0.15, -0.1) is 0 Å². The second-order valence-corrected chi connectivity index (χ2v) is 12.9. The number of carbonyl (C=O) groups excluding carboxylic acids is 2. The molecule has 8 nitrogen and oxygen atoms in total. The summed E-state index contributed by atoms with van der Waals surface area (Å²) in [5.74, 6) is -0.583. The lowest BCUT2D eigenvalue weighted by atomic mass is 9.67. The van der Waals surface area contributed by atoms with E-state index in [0.717, 1.165) is 22.4 Å². The van der Waals surface area contributed by atoms with Crippen LogP contribution in [0.25, 0.3) is 0 Å². The van der Waals surface area contributed by atoms with Crippen molar-refractivity contribution in [2.24, 2.45) is 5.92 Å². The summed E-state index contributed by atoms with van der Waals surface area (Å²) >= 11 is 0. The van der Waals surface area contributed by atoms with E-state index in [9.17, 15) is 18.0 Å². The van der Waals surface area contributed by atoms with E-state index >= 15 is 0 Å². The number of nitrogens with one attached hydrogen (secondary N) is 2. The van der Waals surface area contributed by atoms with E-state index in [2.05, 4.69) is 15.6 Å². The molecule has 1 fully saturated rings. The summed E-state index contributed by atoms with van der Waals surface area (Å²) in [5.41, 5.74) is 3.51. The quantitative estimate of drug-likeness (QED) is 0.417. The van der Waals surface area contributed by atoms with Crippen LogP contribution in [0.5, 0.6) is 0 Å². The van der Waals surface area contributed by atoms with Crippen molar-refractivity contribution in [2.45, 2.75) is 50.0 Å². The van der Waals surface area contributed by atoms with Crippen molar-refractivity contribution in [3.05, 3.63) is 95.8 Å². The highest BCUT2D eigenvalue weighted by Crippen LogP contribution is 2.50. The van der Waals surface area contributed by atoms with Gasteiger partial charge in [0.1, 0.15) is 6.04 Å². The summed E-state index contributed by atoms with van der Waals surface area (Å²) in [7, 11) is -3.40. The number of nitrogens with zero attached hydrogens (tertiary/aromatic N) is 2. The van der Waals surface area contributed by atoms with Crippen LogP contribution in [0.3, 0.4) is 0 Å². The van der Waals surface area contributed by atoms with Gasteiger partial charge < -0.3 is 10.6 Å². The molecule has 210 valence electrons. The summed E-state index contributed by atoms with van der Waals surface area (Å²) < 4.78 is 26.5. The first kappa shape index (κ1) is 27.8. The Kier molecular flexibility index (Phi) is 8.21. The number of carbonyl (C=O) groups is 2. The predicted molar refractivity (Wildman–Crippen MR) is 155 cm³/mol. The van der Waals surface area contributed by atoms with Crippen LogP contribution in [0.15, 0.2) is 79.1 Å². The van der Waals surface area contributed by atoms with Gasteiger partial charge in [0.05, 0.1) is 11.9 Å². The maximum absolute atomic E-state index is 13.5. The molecule has 2 N–H and O–H groups in total. The smallest absolute Gasteiger partial charge is 0.242 e. The Bertz CT molecular complexity index is 1440. The average molecular weight is 561 g/mol. The molecule has 0 bridgehead atoms. The molecule has 3 aromatic rings. The number of hydrogen-bond donors (Lipinski definition) is 2. The fourth-order valence-electron chi connectivity index (χ4n) is 6.09. The number of aromatic nitrogens is 1. The van der Waals surface area contributed by atoms with Crippen LogP contribution in [0.2, 0.25) is 0 Å². The molecule has 1 aliphatic carbocycles. The molecule has 1 saturated carbocycles. The predicted octanol–water partition coefficient (Wildman–Crippen LogP) is 3.38. The minimum Gasteiger partial charge on any atom is -0.354 e. The van der Waals surface area contributed by atoms with Crippen molar-refractivity contribution >= 4 is 27.5 Å². The number of sulfonamides is 1. The summed E-state index contributed by atoms with van der Waals surface area (Å²) in [6.45, 7) is 0.886. The fourth-order valence-corrected chi connectivity index (χ4v) is 7.09. The fraction of sp³-hybridized carbons (Fsp3) is 0.387. The molecule has 0 radical (unpaired) electrons. The lowest BCUT2D eigenvalue weighted by molar-refractivity contribution is -0.132.